The van der Waals surface area contributed by atoms with Gasteiger partial charge in [-0.3, -0.25) is 0 Å². The first kappa shape index (κ1) is 15.4. The van der Waals surface area contributed by atoms with Crippen molar-refractivity contribution in [1.29, 1.82) is 0 Å². The van der Waals surface area contributed by atoms with Gasteiger partial charge in [0.25, 0.3) is 0 Å². The molecule has 1 aliphatic rings. The molecule has 0 amide bonds. The Labute approximate surface area is 120 Å². The van der Waals surface area contributed by atoms with Crippen LogP contribution < -0.4 is 0 Å². The molecule has 1 N–H and O–H groups in total. The minimum Gasteiger partial charge on any atom is -0.394 e. The molecular weight excluding hydrogens is 256 g/mol. The van der Waals surface area contributed by atoms with E-state index in [9.17, 15) is 5.11 Å². The third kappa shape index (κ3) is 4.87. The number of hydrogen-bond donors (Lipinski definition) is 1. The van der Waals surface area contributed by atoms with Crippen molar-refractivity contribution in [2.75, 3.05) is 13.2 Å². The van der Waals surface area contributed by atoms with Gasteiger partial charge in [-0.05, 0) is 25.8 Å². The zero-order valence-corrected chi connectivity index (χ0v) is 12.2. The molecule has 1 aromatic carbocycles. The first-order valence-electron chi connectivity index (χ1n) is 7.17. The van der Waals surface area contributed by atoms with E-state index in [0.29, 0.717) is 19.6 Å². The van der Waals surface area contributed by atoms with Crippen LogP contribution in [0.4, 0.5) is 0 Å². The lowest BCUT2D eigenvalue weighted by molar-refractivity contribution is -0.305. The maximum Gasteiger partial charge on any atom is 0.163 e. The maximum atomic E-state index is 9.25. The van der Waals surface area contributed by atoms with Crippen LogP contribution in [0.2, 0.25) is 0 Å². The number of ether oxygens (including phenoxy) is 3. The topological polar surface area (TPSA) is 47.9 Å². The van der Waals surface area contributed by atoms with Gasteiger partial charge < -0.3 is 19.3 Å². The summed E-state index contributed by atoms with van der Waals surface area (Å²) < 4.78 is 17.1. The number of aliphatic hydroxyl groups is 1. The van der Waals surface area contributed by atoms with Crippen LogP contribution in [0.25, 0.3) is 0 Å². The Morgan fingerprint density at radius 1 is 1.20 bits per heavy atom. The Kier molecular flexibility index (Phi) is 5.54. The van der Waals surface area contributed by atoms with Crippen molar-refractivity contribution in [2.45, 2.75) is 51.3 Å². The van der Waals surface area contributed by atoms with E-state index < -0.39 is 5.79 Å². The lowest BCUT2D eigenvalue weighted by Gasteiger charge is -2.40. The molecule has 1 heterocycles. The molecule has 112 valence electrons. The molecule has 4 heteroatoms. The largest absolute Gasteiger partial charge is 0.394 e. The Morgan fingerprint density at radius 2 is 1.90 bits per heavy atom. The number of hydrogen-bond acceptors (Lipinski definition) is 4. The molecule has 1 fully saturated rings. The van der Waals surface area contributed by atoms with E-state index in [1.54, 1.807) is 0 Å². The smallest absolute Gasteiger partial charge is 0.163 e. The second kappa shape index (κ2) is 7.18. The summed E-state index contributed by atoms with van der Waals surface area (Å²) in [5.41, 5.74) is 1.17. The molecule has 4 nitrogen and oxygen atoms in total. The molecule has 1 aliphatic heterocycles. The van der Waals surface area contributed by atoms with Crippen LogP contribution >= 0.6 is 0 Å². The fourth-order valence-electron chi connectivity index (χ4n) is 2.49. The Morgan fingerprint density at radius 3 is 2.60 bits per heavy atom. The molecular formula is C16H24O4. The summed E-state index contributed by atoms with van der Waals surface area (Å²) in [6, 6.07) is 10.1. The highest BCUT2D eigenvalue weighted by atomic mass is 16.7. The number of rotatable bonds is 6. The first-order valence-corrected chi connectivity index (χ1v) is 7.17. The van der Waals surface area contributed by atoms with Crippen molar-refractivity contribution in [3.8, 4) is 0 Å². The van der Waals surface area contributed by atoms with E-state index >= 15 is 0 Å². The third-order valence-electron chi connectivity index (χ3n) is 3.33. The zero-order valence-electron chi connectivity index (χ0n) is 12.2. The molecule has 2 rings (SSSR count). The summed E-state index contributed by atoms with van der Waals surface area (Å²) in [7, 11) is 0. The molecule has 0 saturated carbocycles. The lowest BCUT2D eigenvalue weighted by atomic mass is 10.1. The lowest BCUT2D eigenvalue weighted by Crippen LogP contribution is -2.46. The summed E-state index contributed by atoms with van der Waals surface area (Å²) in [5, 5.41) is 9.25. The van der Waals surface area contributed by atoms with Crippen LogP contribution in [0.1, 0.15) is 32.3 Å². The van der Waals surface area contributed by atoms with Crippen LogP contribution in [-0.4, -0.2) is 36.3 Å². The van der Waals surface area contributed by atoms with Crippen molar-refractivity contribution in [1.82, 2.24) is 0 Å². The quantitative estimate of drug-likeness (QED) is 0.813. The molecule has 1 aromatic rings. The minimum atomic E-state index is -0.629. The molecule has 0 aliphatic carbocycles. The van der Waals surface area contributed by atoms with E-state index in [0.717, 1.165) is 6.42 Å². The fourth-order valence-corrected chi connectivity index (χ4v) is 2.49. The zero-order chi connectivity index (χ0) is 14.4. The van der Waals surface area contributed by atoms with Crippen molar-refractivity contribution in [2.24, 2.45) is 0 Å². The fraction of sp³-hybridized carbons (Fsp3) is 0.625. The molecule has 0 aromatic heterocycles. The van der Waals surface area contributed by atoms with Crippen LogP contribution in [-0.2, 0) is 20.8 Å². The van der Waals surface area contributed by atoms with Gasteiger partial charge in [-0.15, -0.1) is 0 Å². The molecule has 1 saturated heterocycles. The molecule has 0 spiro atoms. The minimum absolute atomic E-state index is 0.0359. The SMILES string of the molecule is CC1(C)O[C@H](CO)C[C@H](CCOCc2ccccc2)O1. The van der Waals surface area contributed by atoms with Gasteiger partial charge in [-0.1, -0.05) is 30.3 Å². The summed E-state index contributed by atoms with van der Waals surface area (Å²) >= 11 is 0. The first-order chi connectivity index (χ1) is 9.59. The third-order valence-corrected chi connectivity index (χ3v) is 3.33. The Bertz CT molecular complexity index is 391. The number of benzene rings is 1. The van der Waals surface area contributed by atoms with Gasteiger partial charge in [0.2, 0.25) is 0 Å². The Balaban J connectivity index is 1.71. The van der Waals surface area contributed by atoms with Gasteiger partial charge in [0.05, 0.1) is 25.4 Å². The summed E-state index contributed by atoms with van der Waals surface area (Å²) in [6.45, 7) is 5.07. The molecule has 0 radical (unpaired) electrons. The van der Waals surface area contributed by atoms with E-state index in [1.165, 1.54) is 5.56 Å². The van der Waals surface area contributed by atoms with Gasteiger partial charge >= 0.3 is 0 Å². The average molecular weight is 280 g/mol. The van der Waals surface area contributed by atoms with Crippen LogP contribution in [0.15, 0.2) is 30.3 Å². The van der Waals surface area contributed by atoms with Crippen LogP contribution in [0.5, 0.6) is 0 Å². The highest BCUT2D eigenvalue weighted by molar-refractivity contribution is 5.13. The van der Waals surface area contributed by atoms with Crippen LogP contribution in [0, 0.1) is 0 Å². The van der Waals surface area contributed by atoms with Crippen molar-refractivity contribution < 1.29 is 19.3 Å². The molecule has 0 unspecified atom stereocenters. The summed E-state index contributed by atoms with van der Waals surface area (Å²) in [5.74, 6) is -0.629. The van der Waals surface area contributed by atoms with Crippen molar-refractivity contribution >= 4 is 0 Å². The summed E-state index contributed by atoms with van der Waals surface area (Å²) in [4.78, 5) is 0. The van der Waals surface area contributed by atoms with E-state index in [2.05, 4.69) is 12.1 Å². The van der Waals surface area contributed by atoms with E-state index in [4.69, 9.17) is 14.2 Å². The van der Waals surface area contributed by atoms with Crippen LogP contribution in [0.3, 0.4) is 0 Å². The maximum absolute atomic E-state index is 9.25. The van der Waals surface area contributed by atoms with E-state index in [-0.39, 0.29) is 18.8 Å². The average Bonchev–Trinajstić information content (AvgIpc) is 2.43. The van der Waals surface area contributed by atoms with Gasteiger partial charge in [0.1, 0.15) is 0 Å². The number of aliphatic hydroxyl groups excluding tert-OH is 1. The highest BCUT2D eigenvalue weighted by Gasteiger charge is 2.34. The monoisotopic (exact) mass is 280 g/mol. The van der Waals surface area contributed by atoms with Gasteiger partial charge in [0, 0.05) is 13.0 Å². The van der Waals surface area contributed by atoms with E-state index in [1.807, 2.05) is 32.0 Å². The predicted octanol–water partition coefficient (Wildman–Crippen LogP) is 2.50. The highest BCUT2D eigenvalue weighted by Crippen LogP contribution is 2.28. The van der Waals surface area contributed by atoms with Gasteiger partial charge in [-0.25, -0.2) is 0 Å². The second-order valence-corrected chi connectivity index (χ2v) is 5.62. The molecule has 2 atom stereocenters. The molecule has 20 heavy (non-hydrogen) atoms. The normalized spacial score (nSPS) is 25.6. The van der Waals surface area contributed by atoms with Crippen molar-refractivity contribution in [3.63, 3.8) is 0 Å². The molecule has 0 bridgehead atoms. The Hall–Kier alpha value is -0.940. The van der Waals surface area contributed by atoms with Gasteiger partial charge in [-0.2, -0.15) is 0 Å². The van der Waals surface area contributed by atoms with Gasteiger partial charge in [0.15, 0.2) is 5.79 Å². The standard InChI is InChI=1S/C16H24O4/c1-16(2)19-14(10-15(11-17)20-16)8-9-18-12-13-6-4-3-5-7-13/h3-7,14-15,17H,8-12H2,1-2H3/t14-,15-/m0/s1. The second-order valence-electron chi connectivity index (χ2n) is 5.62. The summed E-state index contributed by atoms with van der Waals surface area (Å²) in [6.07, 6.45) is 1.47. The predicted molar refractivity (Wildman–Crippen MR) is 76.2 cm³/mol. The van der Waals surface area contributed by atoms with Crippen molar-refractivity contribution in [3.05, 3.63) is 35.9 Å².